The maximum absolute atomic E-state index is 6.03. The van der Waals surface area contributed by atoms with E-state index in [-0.39, 0.29) is 0 Å². The zero-order valence-corrected chi connectivity index (χ0v) is 15.9. The van der Waals surface area contributed by atoms with E-state index in [0.29, 0.717) is 18.4 Å². The van der Waals surface area contributed by atoms with Gasteiger partial charge in [0.25, 0.3) is 0 Å². The van der Waals surface area contributed by atoms with E-state index in [1.807, 2.05) is 12.1 Å². The highest BCUT2D eigenvalue weighted by Crippen LogP contribution is 2.18. The van der Waals surface area contributed by atoms with Crippen LogP contribution in [0.5, 0.6) is 0 Å². The molecule has 0 amide bonds. The van der Waals surface area contributed by atoms with Crippen LogP contribution in [0.1, 0.15) is 62.7 Å². The van der Waals surface area contributed by atoms with Gasteiger partial charge in [-0.15, -0.1) is 10.2 Å². The summed E-state index contributed by atoms with van der Waals surface area (Å²) in [5, 5.41) is 11.9. The van der Waals surface area contributed by atoms with Crippen LogP contribution in [0.3, 0.4) is 0 Å². The van der Waals surface area contributed by atoms with Gasteiger partial charge in [-0.25, -0.2) is 0 Å². The Balaban J connectivity index is 1.49. The van der Waals surface area contributed by atoms with Crippen LogP contribution < -0.4 is 11.1 Å². The average Bonchev–Trinajstić information content (AvgIpc) is 2.85. The fourth-order valence-corrected chi connectivity index (χ4v) is 3.33. The lowest BCUT2D eigenvalue weighted by Crippen LogP contribution is -2.23. The van der Waals surface area contributed by atoms with Crippen LogP contribution in [0.4, 0.5) is 5.69 Å². The summed E-state index contributed by atoms with van der Waals surface area (Å²) in [5.41, 5.74) is 8.30. The summed E-state index contributed by atoms with van der Waals surface area (Å²) >= 11 is 0. The van der Waals surface area contributed by atoms with Gasteiger partial charge in [0.15, 0.2) is 5.96 Å². The number of hydrogen-bond donors (Lipinski definition) is 2. The molecule has 26 heavy (non-hydrogen) atoms. The molecule has 6 nitrogen and oxygen atoms in total. The Morgan fingerprint density at radius 1 is 1.27 bits per heavy atom. The summed E-state index contributed by atoms with van der Waals surface area (Å²) in [6.07, 6.45) is 6.61. The van der Waals surface area contributed by atoms with Crippen molar-refractivity contribution in [2.75, 3.05) is 11.9 Å². The summed E-state index contributed by atoms with van der Waals surface area (Å²) in [7, 11) is 0. The number of fused-ring (bicyclic) bond motifs is 1. The number of benzene rings is 1. The quantitative estimate of drug-likeness (QED) is 0.473. The van der Waals surface area contributed by atoms with Crippen molar-refractivity contribution in [1.82, 2.24) is 14.8 Å². The van der Waals surface area contributed by atoms with Crippen molar-refractivity contribution in [3.63, 3.8) is 0 Å². The first-order valence-corrected chi connectivity index (χ1v) is 9.71. The molecular weight excluding hydrogens is 324 g/mol. The zero-order chi connectivity index (χ0) is 18.4. The molecule has 1 aliphatic heterocycles. The Morgan fingerprint density at radius 2 is 2.15 bits per heavy atom. The third kappa shape index (κ3) is 4.84. The van der Waals surface area contributed by atoms with E-state index in [1.54, 1.807) is 0 Å². The Morgan fingerprint density at radius 3 is 3.00 bits per heavy atom. The standard InChI is InChI=1S/C20H30N6/c1-15(2)16-8-6-9-17(14-16)23-20(21)22-12-7-11-19-25-24-18-10-4-3-5-13-26(18)19/h6,8-9,14-15H,3-5,7,10-13H2,1-2H3,(H3,21,22,23). The molecule has 0 spiro atoms. The molecule has 0 fully saturated rings. The minimum absolute atomic E-state index is 0.464. The van der Waals surface area contributed by atoms with Crippen LogP contribution in [0.2, 0.25) is 0 Å². The highest BCUT2D eigenvalue weighted by Gasteiger charge is 2.13. The summed E-state index contributed by atoms with van der Waals surface area (Å²) in [4.78, 5) is 4.45. The van der Waals surface area contributed by atoms with Gasteiger partial charge < -0.3 is 15.6 Å². The third-order valence-corrected chi connectivity index (χ3v) is 4.85. The van der Waals surface area contributed by atoms with Crippen LogP contribution in [-0.4, -0.2) is 27.3 Å². The maximum Gasteiger partial charge on any atom is 0.193 e. The number of aliphatic imine (C=N–C) groups is 1. The molecule has 1 aromatic heterocycles. The molecular formula is C20H30N6. The van der Waals surface area contributed by atoms with E-state index in [4.69, 9.17) is 5.73 Å². The molecule has 2 heterocycles. The SMILES string of the molecule is CC(C)c1cccc(NC(N)=NCCCc2nnc3n2CCCCC3)c1. The molecule has 3 rings (SSSR count). The smallest absolute Gasteiger partial charge is 0.193 e. The topological polar surface area (TPSA) is 81.1 Å². The van der Waals surface area contributed by atoms with E-state index in [2.05, 4.69) is 51.1 Å². The van der Waals surface area contributed by atoms with Crippen molar-refractivity contribution in [2.24, 2.45) is 10.7 Å². The number of aromatic nitrogens is 3. The maximum atomic E-state index is 6.03. The lowest BCUT2D eigenvalue weighted by Gasteiger charge is -2.10. The number of hydrogen-bond acceptors (Lipinski definition) is 3. The Labute approximate surface area is 155 Å². The monoisotopic (exact) mass is 354 g/mol. The Kier molecular flexibility index (Phi) is 6.26. The van der Waals surface area contributed by atoms with Gasteiger partial charge in [-0.2, -0.15) is 0 Å². The van der Waals surface area contributed by atoms with Crippen molar-refractivity contribution in [2.45, 2.75) is 64.8 Å². The summed E-state index contributed by atoms with van der Waals surface area (Å²) in [6.45, 7) is 6.10. The molecule has 3 N–H and O–H groups in total. The van der Waals surface area contributed by atoms with E-state index in [0.717, 1.165) is 43.1 Å². The van der Waals surface area contributed by atoms with Gasteiger partial charge in [-0.1, -0.05) is 32.4 Å². The van der Waals surface area contributed by atoms with Crippen LogP contribution in [-0.2, 0) is 19.4 Å². The average molecular weight is 355 g/mol. The number of anilines is 1. The molecule has 2 aromatic rings. The molecule has 0 unspecified atom stereocenters. The molecule has 0 saturated heterocycles. The molecule has 0 aliphatic carbocycles. The number of nitrogens with one attached hydrogen (secondary N) is 1. The zero-order valence-electron chi connectivity index (χ0n) is 15.9. The van der Waals surface area contributed by atoms with Crippen LogP contribution in [0, 0.1) is 0 Å². The fraction of sp³-hybridized carbons (Fsp3) is 0.550. The molecule has 0 atom stereocenters. The number of aryl methyl sites for hydroxylation is 2. The third-order valence-electron chi connectivity index (χ3n) is 4.85. The number of rotatable bonds is 6. The Hall–Kier alpha value is -2.37. The molecule has 0 radical (unpaired) electrons. The van der Waals surface area contributed by atoms with Gasteiger partial charge in [-0.05, 0) is 42.9 Å². The van der Waals surface area contributed by atoms with Gasteiger partial charge in [0.05, 0.1) is 0 Å². The first kappa shape index (κ1) is 18.4. The first-order valence-electron chi connectivity index (χ1n) is 9.71. The highest BCUT2D eigenvalue weighted by molar-refractivity contribution is 5.92. The van der Waals surface area contributed by atoms with Gasteiger partial charge >= 0.3 is 0 Å². The normalized spacial score (nSPS) is 15.0. The highest BCUT2D eigenvalue weighted by atomic mass is 15.3. The predicted molar refractivity (Wildman–Crippen MR) is 107 cm³/mol. The van der Waals surface area contributed by atoms with Crippen molar-refractivity contribution in [3.05, 3.63) is 41.5 Å². The molecule has 0 saturated carbocycles. The van der Waals surface area contributed by atoms with Crippen LogP contribution >= 0.6 is 0 Å². The number of nitrogens with two attached hydrogens (primary N) is 1. The van der Waals surface area contributed by atoms with Crippen LogP contribution in [0.25, 0.3) is 0 Å². The summed E-state index contributed by atoms with van der Waals surface area (Å²) < 4.78 is 2.30. The largest absolute Gasteiger partial charge is 0.370 e. The summed E-state index contributed by atoms with van der Waals surface area (Å²) in [5.74, 6) is 3.19. The second-order valence-corrected chi connectivity index (χ2v) is 7.27. The van der Waals surface area contributed by atoms with Gasteiger partial charge in [0.2, 0.25) is 0 Å². The Bertz CT molecular complexity index is 747. The van der Waals surface area contributed by atoms with Crippen molar-refractivity contribution >= 4 is 11.6 Å². The first-order chi connectivity index (χ1) is 12.6. The van der Waals surface area contributed by atoms with Crippen molar-refractivity contribution in [1.29, 1.82) is 0 Å². The number of guanidine groups is 1. The molecule has 1 aromatic carbocycles. The lowest BCUT2D eigenvalue weighted by atomic mass is 10.0. The lowest BCUT2D eigenvalue weighted by molar-refractivity contribution is 0.598. The minimum atomic E-state index is 0.464. The van der Waals surface area contributed by atoms with E-state index in [9.17, 15) is 0 Å². The number of nitrogens with zero attached hydrogens (tertiary/aromatic N) is 4. The van der Waals surface area contributed by atoms with E-state index in [1.165, 1.54) is 24.8 Å². The van der Waals surface area contributed by atoms with Crippen LogP contribution in [0.15, 0.2) is 29.3 Å². The fourth-order valence-electron chi connectivity index (χ4n) is 3.33. The summed E-state index contributed by atoms with van der Waals surface area (Å²) in [6, 6.07) is 8.31. The molecule has 6 heteroatoms. The van der Waals surface area contributed by atoms with Gasteiger partial charge in [0.1, 0.15) is 11.6 Å². The van der Waals surface area contributed by atoms with Crippen molar-refractivity contribution < 1.29 is 0 Å². The second kappa shape index (κ2) is 8.83. The molecule has 140 valence electrons. The second-order valence-electron chi connectivity index (χ2n) is 7.27. The van der Waals surface area contributed by atoms with E-state index < -0.39 is 0 Å². The van der Waals surface area contributed by atoms with Gasteiger partial charge in [0, 0.05) is 31.6 Å². The minimum Gasteiger partial charge on any atom is -0.370 e. The van der Waals surface area contributed by atoms with E-state index >= 15 is 0 Å². The molecule has 1 aliphatic rings. The molecule has 0 bridgehead atoms. The predicted octanol–water partition coefficient (Wildman–Crippen LogP) is 3.49. The van der Waals surface area contributed by atoms with Gasteiger partial charge in [-0.3, -0.25) is 4.99 Å². The van der Waals surface area contributed by atoms with Crippen molar-refractivity contribution in [3.8, 4) is 0 Å².